The van der Waals surface area contributed by atoms with Gasteiger partial charge in [-0.2, -0.15) is 0 Å². The lowest BCUT2D eigenvalue weighted by molar-refractivity contribution is -0.184. The zero-order chi connectivity index (χ0) is 21.2. The third-order valence-electron chi connectivity index (χ3n) is 5.57. The summed E-state index contributed by atoms with van der Waals surface area (Å²) in [6.07, 6.45) is 1.99. The Hall–Kier alpha value is -2.44. The number of ether oxygens (including phenoxy) is 2. The van der Waals surface area contributed by atoms with Crippen molar-refractivity contribution in [2.24, 2.45) is 5.41 Å². The molecule has 0 unspecified atom stereocenters. The Morgan fingerprint density at radius 1 is 0.867 bits per heavy atom. The van der Waals surface area contributed by atoms with Gasteiger partial charge in [0.1, 0.15) is 18.1 Å². The number of hydrogen-bond acceptors (Lipinski definition) is 4. The third-order valence-corrected chi connectivity index (χ3v) is 6.07. The second kappa shape index (κ2) is 8.36. The first-order valence-electron chi connectivity index (χ1n) is 9.74. The van der Waals surface area contributed by atoms with Crippen LogP contribution in [0.3, 0.4) is 0 Å². The Bertz CT molecular complexity index is 911. The first-order chi connectivity index (χ1) is 14.4. The van der Waals surface area contributed by atoms with E-state index in [1.54, 1.807) is 48.5 Å². The number of halogens is 2. The lowest BCUT2D eigenvalue weighted by Crippen LogP contribution is -2.78. The van der Waals surface area contributed by atoms with Crippen molar-refractivity contribution in [2.45, 2.75) is 24.8 Å². The van der Waals surface area contributed by atoms with Crippen LogP contribution in [0.15, 0.2) is 48.5 Å². The van der Waals surface area contributed by atoms with Gasteiger partial charge >= 0.3 is 0 Å². The Labute approximate surface area is 184 Å². The molecule has 2 aromatic carbocycles. The average Bonchev–Trinajstić information content (AvgIpc) is 2.67. The van der Waals surface area contributed by atoms with Crippen molar-refractivity contribution < 1.29 is 19.1 Å². The monoisotopic (exact) mass is 448 g/mol. The number of rotatable bonds is 9. The Kier molecular flexibility index (Phi) is 5.80. The zero-order valence-electron chi connectivity index (χ0n) is 16.3. The fraction of sp³-hybridized carbons (Fsp3) is 0.364. The topological polar surface area (TPSA) is 76.7 Å². The molecule has 3 aliphatic carbocycles. The van der Waals surface area contributed by atoms with Gasteiger partial charge in [0.05, 0.1) is 12.0 Å². The molecule has 3 saturated carbocycles. The Balaban J connectivity index is 1.13. The highest BCUT2D eigenvalue weighted by molar-refractivity contribution is 6.30. The molecule has 0 atom stereocenters. The van der Waals surface area contributed by atoms with Crippen molar-refractivity contribution >= 4 is 35.0 Å². The summed E-state index contributed by atoms with van der Waals surface area (Å²) in [6.45, 7) is 0.746. The minimum Gasteiger partial charge on any atom is -0.492 e. The number of carbonyl (C=O) groups excluding carboxylic acids is 2. The number of benzene rings is 2. The molecular formula is C22H22Cl2N2O4. The van der Waals surface area contributed by atoms with Crippen molar-refractivity contribution in [2.75, 3.05) is 19.8 Å². The van der Waals surface area contributed by atoms with Crippen molar-refractivity contribution in [3.8, 4) is 11.5 Å². The number of nitrogens with one attached hydrogen (secondary N) is 2. The van der Waals surface area contributed by atoms with Crippen molar-refractivity contribution in [3.05, 3.63) is 58.6 Å². The van der Waals surface area contributed by atoms with E-state index in [4.69, 9.17) is 32.7 Å². The maximum Gasteiger partial charge on any atom is 0.258 e. The van der Waals surface area contributed by atoms with Gasteiger partial charge < -0.3 is 20.1 Å². The van der Waals surface area contributed by atoms with Gasteiger partial charge in [-0.15, -0.1) is 0 Å². The fourth-order valence-electron chi connectivity index (χ4n) is 4.22. The molecule has 0 saturated heterocycles. The second-order valence-electron chi connectivity index (χ2n) is 7.94. The first kappa shape index (κ1) is 20.8. The SMILES string of the molecule is O=C(COc1ccc(Cl)cc1)NC12CC(C(=O)NCCOc3ccc(Cl)cc3)(C1)C2. The highest BCUT2D eigenvalue weighted by Gasteiger charge is 2.72. The van der Waals surface area contributed by atoms with Crippen LogP contribution in [-0.4, -0.2) is 37.1 Å². The van der Waals surface area contributed by atoms with E-state index < -0.39 is 0 Å². The second-order valence-corrected chi connectivity index (χ2v) is 8.81. The molecule has 0 aliphatic heterocycles. The van der Waals surface area contributed by atoms with E-state index in [2.05, 4.69) is 10.6 Å². The molecule has 2 amide bonds. The van der Waals surface area contributed by atoms with Crippen LogP contribution in [0.5, 0.6) is 11.5 Å². The third kappa shape index (κ3) is 4.50. The maximum absolute atomic E-state index is 12.5. The summed E-state index contributed by atoms with van der Waals surface area (Å²) < 4.78 is 11.0. The van der Waals surface area contributed by atoms with Crippen LogP contribution in [0, 0.1) is 5.41 Å². The van der Waals surface area contributed by atoms with Gasteiger partial charge in [-0.25, -0.2) is 0 Å². The molecule has 0 aromatic heterocycles. The summed E-state index contributed by atoms with van der Waals surface area (Å²) in [5.41, 5.74) is -0.623. The Morgan fingerprint density at radius 2 is 1.40 bits per heavy atom. The summed E-state index contributed by atoms with van der Waals surface area (Å²) in [5.74, 6) is 1.14. The molecule has 5 rings (SSSR count). The molecule has 3 aliphatic rings. The highest BCUT2D eigenvalue weighted by Crippen LogP contribution is 2.67. The summed E-state index contributed by atoms with van der Waals surface area (Å²) in [4.78, 5) is 24.6. The van der Waals surface area contributed by atoms with Gasteiger partial charge in [-0.3, -0.25) is 9.59 Å². The average molecular weight is 449 g/mol. The zero-order valence-corrected chi connectivity index (χ0v) is 17.8. The lowest BCUT2D eigenvalue weighted by atomic mass is 9.39. The number of carbonyl (C=O) groups is 2. The number of amides is 2. The van der Waals surface area contributed by atoms with Crippen molar-refractivity contribution in [1.29, 1.82) is 0 Å². The highest BCUT2D eigenvalue weighted by atomic mass is 35.5. The molecule has 0 spiro atoms. The van der Waals surface area contributed by atoms with Crippen LogP contribution in [0.4, 0.5) is 0 Å². The van der Waals surface area contributed by atoms with Gasteiger partial charge in [-0.1, -0.05) is 23.2 Å². The minimum atomic E-state index is -0.357. The molecule has 8 heteroatoms. The van der Waals surface area contributed by atoms with Gasteiger partial charge in [0, 0.05) is 15.6 Å². The number of hydrogen-bond donors (Lipinski definition) is 2. The molecule has 30 heavy (non-hydrogen) atoms. The summed E-state index contributed by atoms with van der Waals surface area (Å²) >= 11 is 11.7. The van der Waals surface area contributed by atoms with Crippen LogP contribution < -0.4 is 20.1 Å². The standard InChI is InChI=1S/C22H22Cl2N2O4/c23-15-1-5-17(6-2-15)29-10-9-25-20(28)21-12-22(13-21,14-21)26-19(27)11-30-18-7-3-16(24)4-8-18/h1-8H,9-14H2,(H,25,28)(H,26,27). The quantitative estimate of drug-likeness (QED) is 0.574. The van der Waals surface area contributed by atoms with E-state index in [1.165, 1.54) is 0 Å². The summed E-state index contributed by atoms with van der Waals surface area (Å²) in [7, 11) is 0. The molecule has 0 radical (unpaired) electrons. The van der Waals surface area contributed by atoms with Crippen LogP contribution in [0.1, 0.15) is 19.3 Å². The van der Waals surface area contributed by atoms with Crippen LogP contribution in [0.2, 0.25) is 10.0 Å². The van der Waals surface area contributed by atoms with E-state index in [-0.39, 0.29) is 29.4 Å². The van der Waals surface area contributed by atoms with Gasteiger partial charge in [0.2, 0.25) is 5.91 Å². The normalized spacial score (nSPS) is 23.5. The Morgan fingerprint density at radius 3 is 1.97 bits per heavy atom. The van der Waals surface area contributed by atoms with E-state index in [1.807, 2.05) is 0 Å². The molecule has 3 fully saturated rings. The predicted octanol–water partition coefficient (Wildman–Crippen LogP) is 3.61. The van der Waals surface area contributed by atoms with E-state index >= 15 is 0 Å². The molecule has 2 bridgehead atoms. The first-order valence-corrected chi connectivity index (χ1v) is 10.5. The molecular weight excluding hydrogens is 427 g/mol. The van der Waals surface area contributed by atoms with Gasteiger partial charge in [0.25, 0.3) is 5.91 Å². The molecule has 2 aromatic rings. The smallest absolute Gasteiger partial charge is 0.258 e. The molecule has 2 N–H and O–H groups in total. The predicted molar refractivity (Wildman–Crippen MR) is 114 cm³/mol. The van der Waals surface area contributed by atoms with E-state index in [9.17, 15) is 9.59 Å². The molecule has 0 heterocycles. The fourth-order valence-corrected chi connectivity index (χ4v) is 4.48. The largest absolute Gasteiger partial charge is 0.492 e. The lowest BCUT2D eigenvalue weighted by Gasteiger charge is -2.69. The van der Waals surface area contributed by atoms with Crippen LogP contribution >= 0.6 is 23.2 Å². The summed E-state index contributed by atoms with van der Waals surface area (Å²) in [6, 6.07) is 13.9. The van der Waals surface area contributed by atoms with E-state index in [0.29, 0.717) is 54.0 Å². The molecule has 158 valence electrons. The van der Waals surface area contributed by atoms with Gasteiger partial charge in [0.15, 0.2) is 6.61 Å². The van der Waals surface area contributed by atoms with Crippen molar-refractivity contribution in [1.82, 2.24) is 10.6 Å². The van der Waals surface area contributed by atoms with Crippen molar-refractivity contribution in [3.63, 3.8) is 0 Å². The van der Waals surface area contributed by atoms with E-state index in [0.717, 1.165) is 0 Å². The maximum atomic E-state index is 12.5. The van der Waals surface area contributed by atoms with Crippen LogP contribution in [0.25, 0.3) is 0 Å². The van der Waals surface area contributed by atoms with Gasteiger partial charge in [-0.05, 0) is 67.8 Å². The van der Waals surface area contributed by atoms with Crippen LogP contribution in [-0.2, 0) is 9.59 Å². The minimum absolute atomic E-state index is 0.0238. The molecule has 6 nitrogen and oxygen atoms in total. The summed E-state index contributed by atoms with van der Waals surface area (Å²) in [5, 5.41) is 7.20.